The van der Waals surface area contributed by atoms with E-state index in [1.54, 1.807) is 6.07 Å². The molecule has 1 atom stereocenters. The number of benzene rings is 1. The van der Waals surface area contributed by atoms with Crippen LogP contribution in [0.3, 0.4) is 0 Å². The zero-order valence-corrected chi connectivity index (χ0v) is 11.2. The molecule has 1 unspecified atom stereocenters. The molecule has 4 nitrogen and oxygen atoms in total. The van der Waals surface area contributed by atoms with Crippen molar-refractivity contribution < 1.29 is 18.7 Å². The van der Waals surface area contributed by atoms with Crippen LogP contribution in [0.2, 0.25) is 0 Å². The normalized spacial score (nSPS) is 20.3. The number of morpholine rings is 1. The summed E-state index contributed by atoms with van der Waals surface area (Å²) in [6.07, 6.45) is -0.549. The molecule has 0 aliphatic carbocycles. The molecule has 0 amide bonds. The first kappa shape index (κ1) is 14.0. The summed E-state index contributed by atoms with van der Waals surface area (Å²) in [6, 6.07) is 4.76. The maximum Gasteiger partial charge on any atom is 0.336 e. The summed E-state index contributed by atoms with van der Waals surface area (Å²) in [5.41, 5.74) is 1.98. The van der Waals surface area contributed by atoms with E-state index in [0.717, 1.165) is 17.7 Å². The molecule has 1 aromatic rings. The molecule has 1 aliphatic rings. The first-order valence-corrected chi connectivity index (χ1v) is 6.27. The van der Waals surface area contributed by atoms with E-state index >= 15 is 0 Å². The molecule has 0 spiro atoms. The van der Waals surface area contributed by atoms with Crippen molar-refractivity contribution in [2.45, 2.75) is 19.6 Å². The highest BCUT2D eigenvalue weighted by molar-refractivity contribution is 5.74. The van der Waals surface area contributed by atoms with Gasteiger partial charge in [0.25, 0.3) is 0 Å². The standard InChI is InChI=1S/C14H18FNO3/c1-10-3-4-12(15)7-11(10)8-16-5-6-19-13(9-16)14(17)18-2/h3-4,7,13H,5-6,8-9H2,1-2H3. The molecule has 1 fully saturated rings. The van der Waals surface area contributed by atoms with Crippen LogP contribution in [0.25, 0.3) is 0 Å². The highest BCUT2D eigenvalue weighted by atomic mass is 19.1. The second kappa shape index (κ2) is 6.12. The molecule has 0 saturated carbocycles. The van der Waals surface area contributed by atoms with Gasteiger partial charge in [-0.1, -0.05) is 6.07 Å². The fraction of sp³-hybridized carbons (Fsp3) is 0.500. The number of hydrogen-bond acceptors (Lipinski definition) is 4. The van der Waals surface area contributed by atoms with Crippen LogP contribution in [0, 0.1) is 12.7 Å². The van der Waals surface area contributed by atoms with Gasteiger partial charge in [0, 0.05) is 19.6 Å². The second-order valence-electron chi connectivity index (χ2n) is 4.69. The SMILES string of the molecule is COC(=O)C1CN(Cc2cc(F)ccc2C)CCO1. The molecule has 2 rings (SSSR count). The number of ether oxygens (including phenoxy) is 2. The third-order valence-corrected chi connectivity index (χ3v) is 3.32. The van der Waals surface area contributed by atoms with Crippen molar-refractivity contribution in [1.29, 1.82) is 0 Å². The highest BCUT2D eigenvalue weighted by Crippen LogP contribution is 2.15. The van der Waals surface area contributed by atoms with Gasteiger partial charge in [-0.2, -0.15) is 0 Å². The Bertz CT molecular complexity index is 464. The van der Waals surface area contributed by atoms with Crippen molar-refractivity contribution in [2.24, 2.45) is 0 Å². The van der Waals surface area contributed by atoms with E-state index in [4.69, 9.17) is 4.74 Å². The van der Waals surface area contributed by atoms with Gasteiger partial charge in [0.1, 0.15) is 5.82 Å². The topological polar surface area (TPSA) is 38.8 Å². The van der Waals surface area contributed by atoms with Gasteiger partial charge in [-0.3, -0.25) is 4.90 Å². The number of carbonyl (C=O) groups is 1. The minimum Gasteiger partial charge on any atom is -0.467 e. The Hall–Kier alpha value is -1.46. The fourth-order valence-electron chi connectivity index (χ4n) is 2.17. The van der Waals surface area contributed by atoms with Crippen LogP contribution in [0.1, 0.15) is 11.1 Å². The first-order valence-electron chi connectivity index (χ1n) is 6.27. The molecule has 1 aliphatic heterocycles. The zero-order valence-electron chi connectivity index (χ0n) is 11.2. The van der Waals surface area contributed by atoms with Gasteiger partial charge in [0.15, 0.2) is 6.10 Å². The Morgan fingerprint density at radius 2 is 2.37 bits per heavy atom. The number of rotatable bonds is 3. The lowest BCUT2D eigenvalue weighted by Crippen LogP contribution is -2.46. The molecule has 5 heteroatoms. The molecule has 0 bridgehead atoms. The minimum absolute atomic E-state index is 0.238. The van der Waals surface area contributed by atoms with Crippen LogP contribution >= 0.6 is 0 Å². The zero-order chi connectivity index (χ0) is 13.8. The molecular weight excluding hydrogens is 249 g/mol. The van der Waals surface area contributed by atoms with Crippen molar-refractivity contribution in [1.82, 2.24) is 4.90 Å². The van der Waals surface area contributed by atoms with Crippen LogP contribution in [0.4, 0.5) is 4.39 Å². The van der Waals surface area contributed by atoms with Gasteiger partial charge >= 0.3 is 5.97 Å². The van der Waals surface area contributed by atoms with E-state index in [2.05, 4.69) is 9.64 Å². The Morgan fingerprint density at radius 1 is 1.58 bits per heavy atom. The summed E-state index contributed by atoms with van der Waals surface area (Å²) in [6.45, 7) is 4.24. The maximum atomic E-state index is 13.2. The van der Waals surface area contributed by atoms with Crippen LogP contribution in [0.15, 0.2) is 18.2 Å². The maximum absolute atomic E-state index is 13.2. The predicted octanol–water partition coefficient (Wildman–Crippen LogP) is 1.51. The smallest absolute Gasteiger partial charge is 0.336 e. The first-order chi connectivity index (χ1) is 9.10. The number of esters is 1. The minimum atomic E-state index is -0.549. The number of methoxy groups -OCH3 is 1. The van der Waals surface area contributed by atoms with Crippen LogP contribution < -0.4 is 0 Å². The fourth-order valence-corrected chi connectivity index (χ4v) is 2.17. The lowest BCUT2D eigenvalue weighted by atomic mass is 10.1. The lowest BCUT2D eigenvalue weighted by Gasteiger charge is -2.31. The van der Waals surface area contributed by atoms with E-state index in [-0.39, 0.29) is 11.8 Å². The van der Waals surface area contributed by atoms with E-state index in [9.17, 15) is 9.18 Å². The van der Waals surface area contributed by atoms with Crippen LogP contribution in [0.5, 0.6) is 0 Å². The Kier molecular flexibility index (Phi) is 4.50. The third kappa shape index (κ3) is 3.52. The van der Waals surface area contributed by atoms with Crippen molar-refractivity contribution >= 4 is 5.97 Å². The monoisotopic (exact) mass is 267 g/mol. The number of halogens is 1. The van der Waals surface area contributed by atoms with E-state index in [1.807, 2.05) is 6.92 Å². The Labute approximate surface area is 112 Å². The quantitative estimate of drug-likeness (QED) is 0.778. The van der Waals surface area contributed by atoms with Crippen molar-refractivity contribution in [2.75, 3.05) is 26.8 Å². The summed E-state index contributed by atoms with van der Waals surface area (Å²) in [4.78, 5) is 13.5. The second-order valence-corrected chi connectivity index (χ2v) is 4.69. The summed E-state index contributed by atoms with van der Waals surface area (Å²) >= 11 is 0. The molecule has 104 valence electrons. The number of hydrogen-bond donors (Lipinski definition) is 0. The lowest BCUT2D eigenvalue weighted by molar-refractivity contribution is -0.160. The van der Waals surface area contributed by atoms with Crippen LogP contribution in [-0.2, 0) is 20.8 Å². The van der Waals surface area contributed by atoms with Crippen molar-refractivity contribution in [3.05, 3.63) is 35.1 Å². The summed E-state index contributed by atoms with van der Waals surface area (Å²) in [5, 5.41) is 0. The summed E-state index contributed by atoms with van der Waals surface area (Å²) in [7, 11) is 1.35. The molecule has 0 N–H and O–H groups in total. The number of aryl methyl sites for hydroxylation is 1. The van der Waals surface area contributed by atoms with Gasteiger partial charge in [-0.25, -0.2) is 9.18 Å². The molecule has 1 heterocycles. The van der Waals surface area contributed by atoms with E-state index < -0.39 is 6.10 Å². The summed E-state index contributed by atoms with van der Waals surface area (Å²) in [5.74, 6) is -0.598. The third-order valence-electron chi connectivity index (χ3n) is 3.32. The molecule has 0 aromatic heterocycles. The van der Waals surface area contributed by atoms with Gasteiger partial charge < -0.3 is 9.47 Å². The molecule has 1 saturated heterocycles. The van der Waals surface area contributed by atoms with Crippen LogP contribution in [-0.4, -0.2) is 43.8 Å². The van der Waals surface area contributed by atoms with Gasteiger partial charge in [-0.05, 0) is 30.2 Å². The Balaban J connectivity index is 2.02. The molecule has 0 radical (unpaired) electrons. The number of nitrogens with zero attached hydrogens (tertiary/aromatic N) is 1. The molecule has 19 heavy (non-hydrogen) atoms. The van der Waals surface area contributed by atoms with Gasteiger partial charge in [-0.15, -0.1) is 0 Å². The number of carbonyl (C=O) groups excluding carboxylic acids is 1. The average molecular weight is 267 g/mol. The van der Waals surface area contributed by atoms with Crippen molar-refractivity contribution in [3.8, 4) is 0 Å². The Morgan fingerprint density at radius 3 is 3.11 bits per heavy atom. The van der Waals surface area contributed by atoms with E-state index in [1.165, 1.54) is 19.2 Å². The molecule has 1 aromatic carbocycles. The van der Waals surface area contributed by atoms with Gasteiger partial charge in [0.05, 0.1) is 13.7 Å². The largest absolute Gasteiger partial charge is 0.467 e. The summed E-state index contributed by atoms with van der Waals surface area (Å²) < 4.78 is 23.3. The molecular formula is C14H18FNO3. The highest BCUT2D eigenvalue weighted by Gasteiger charge is 2.27. The van der Waals surface area contributed by atoms with E-state index in [0.29, 0.717) is 19.7 Å². The van der Waals surface area contributed by atoms with Crippen molar-refractivity contribution in [3.63, 3.8) is 0 Å². The van der Waals surface area contributed by atoms with Gasteiger partial charge in [0.2, 0.25) is 0 Å². The predicted molar refractivity (Wildman–Crippen MR) is 68.2 cm³/mol. The average Bonchev–Trinajstić information content (AvgIpc) is 2.42.